The predicted molar refractivity (Wildman–Crippen MR) is 220 cm³/mol. The summed E-state index contributed by atoms with van der Waals surface area (Å²) in [5.41, 5.74) is 6.59. The third-order valence-electron chi connectivity index (χ3n) is 10.3. The summed E-state index contributed by atoms with van der Waals surface area (Å²) < 4.78 is 32.4. The van der Waals surface area contributed by atoms with E-state index in [2.05, 4.69) is 37.4 Å². The molecule has 1 fully saturated rings. The highest BCUT2D eigenvalue weighted by Crippen LogP contribution is 2.45. The molecule has 0 bridgehead atoms. The number of carbonyl (C=O) groups is 4. The molecule has 10 heteroatoms. The minimum Gasteiger partial charge on any atom is -0.457 e. The van der Waals surface area contributed by atoms with Crippen molar-refractivity contribution in [1.82, 2.24) is 0 Å². The summed E-state index contributed by atoms with van der Waals surface area (Å²) >= 11 is 0. The van der Waals surface area contributed by atoms with Crippen LogP contribution in [0.3, 0.4) is 0 Å². The van der Waals surface area contributed by atoms with Crippen LogP contribution in [0.4, 0.5) is 0 Å². The second-order valence-electron chi connectivity index (χ2n) is 14.8. The van der Waals surface area contributed by atoms with Crippen molar-refractivity contribution >= 4 is 23.9 Å². The molecule has 304 valence electrons. The Hall–Kier alpha value is -6.16. The largest absolute Gasteiger partial charge is 0.457 e. The van der Waals surface area contributed by atoms with Gasteiger partial charge in [0.15, 0.2) is 0 Å². The molecule has 1 saturated carbocycles. The number of esters is 4. The first-order valence-corrected chi connectivity index (χ1v) is 19.6. The van der Waals surface area contributed by atoms with Crippen LogP contribution in [0.25, 0.3) is 0 Å². The Bertz CT molecular complexity index is 1960. The van der Waals surface area contributed by atoms with Gasteiger partial charge in [-0.05, 0) is 135 Å². The summed E-state index contributed by atoms with van der Waals surface area (Å²) in [6.07, 6.45) is 6.75. The van der Waals surface area contributed by atoms with Crippen molar-refractivity contribution in [2.24, 2.45) is 0 Å². The molecule has 0 spiro atoms. The van der Waals surface area contributed by atoms with Gasteiger partial charge in [-0.25, -0.2) is 9.59 Å². The van der Waals surface area contributed by atoms with Crippen molar-refractivity contribution in [2.75, 3.05) is 13.6 Å². The van der Waals surface area contributed by atoms with Gasteiger partial charge in [0.1, 0.15) is 23.0 Å². The number of hydrogen-bond acceptors (Lipinski definition) is 10. The van der Waals surface area contributed by atoms with Crippen LogP contribution in [0.2, 0.25) is 0 Å². The smallest absolute Gasteiger partial charge is 0.335 e. The maximum Gasteiger partial charge on any atom is 0.335 e. The van der Waals surface area contributed by atoms with Crippen LogP contribution in [0.5, 0.6) is 23.0 Å². The summed E-state index contributed by atoms with van der Waals surface area (Å²) in [5.74, 6) is 0.434. The van der Waals surface area contributed by atoms with E-state index in [-0.39, 0.29) is 43.8 Å². The van der Waals surface area contributed by atoms with Gasteiger partial charge < -0.3 is 28.4 Å². The molecule has 4 aromatic carbocycles. The van der Waals surface area contributed by atoms with Gasteiger partial charge in [0.05, 0.1) is 0 Å². The van der Waals surface area contributed by atoms with Crippen LogP contribution < -0.4 is 18.9 Å². The lowest BCUT2D eigenvalue weighted by Crippen LogP contribution is -2.30. The van der Waals surface area contributed by atoms with Crippen molar-refractivity contribution in [3.05, 3.63) is 143 Å². The fraction of sp³-hybridized carbons (Fsp3) is 0.333. The standard InChI is InChI=1S/C48H52O10/c1-32(2)46(51)55-30-53-42-18-10-36(34(5)28-42)12-24-44(49)57-40-20-14-38(15-21-40)48(26-8-7-9-27-48)39-16-22-41(23-17-39)58-45(50)25-13-37-11-19-43(29-35(37)6)54-31-56-47(52)33(3)4/h10-11,14-23,28-29H,1,3,7-9,12-13,24-27,30-31H2,2,4-6H3. The van der Waals surface area contributed by atoms with Crippen LogP contribution in [0.15, 0.2) is 109 Å². The van der Waals surface area contributed by atoms with E-state index < -0.39 is 11.9 Å². The molecule has 0 saturated heterocycles. The molecule has 0 aliphatic heterocycles. The SMILES string of the molecule is C=C(C)C(=O)OCOc1ccc(CCC(=O)Oc2ccc(C3(c4ccc(OC(=O)CCc5ccc(OCOC(=O)C(=C)C)cc5C)cc4)CCCCC3)cc2)c(C)c1. The third kappa shape index (κ3) is 11.9. The van der Waals surface area contributed by atoms with E-state index in [9.17, 15) is 19.2 Å². The zero-order valence-electron chi connectivity index (χ0n) is 33.9. The van der Waals surface area contributed by atoms with E-state index in [1.54, 1.807) is 26.0 Å². The number of benzene rings is 4. The Balaban J connectivity index is 1.12. The van der Waals surface area contributed by atoms with Gasteiger partial charge in [0.2, 0.25) is 13.6 Å². The molecule has 1 aliphatic carbocycles. The van der Waals surface area contributed by atoms with E-state index in [0.29, 0.717) is 47.0 Å². The maximum absolute atomic E-state index is 12.9. The topological polar surface area (TPSA) is 124 Å². The monoisotopic (exact) mass is 788 g/mol. The van der Waals surface area contributed by atoms with Crippen molar-refractivity contribution in [3.8, 4) is 23.0 Å². The average Bonchev–Trinajstić information content (AvgIpc) is 3.20. The van der Waals surface area contributed by atoms with Gasteiger partial charge in [-0.15, -0.1) is 0 Å². The summed E-state index contributed by atoms with van der Waals surface area (Å²) in [5, 5.41) is 0. The molecule has 0 atom stereocenters. The van der Waals surface area contributed by atoms with Crippen molar-refractivity contribution in [2.45, 2.75) is 90.9 Å². The van der Waals surface area contributed by atoms with Crippen molar-refractivity contribution in [3.63, 3.8) is 0 Å². The molecule has 1 aliphatic rings. The number of aryl methyl sites for hydroxylation is 4. The number of hydrogen-bond donors (Lipinski definition) is 0. The molecular weight excluding hydrogens is 737 g/mol. The first-order valence-electron chi connectivity index (χ1n) is 19.6. The first-order chi connectivity index (χ1) is 27.8. The summed E-state index contributed by atoms with van der Waals surface area (Å²) in [4.78, 5) is 48.8. The van der Waals surface area contributed by atoms with E-state index in [4.69, 9.17) is 28.4 Å². The maximum atomic E-state index is 12.9. The Morgan fingerprint density at radius 2 is 0.931 bits per heavy atom. The molecule has 0 heterocycles. The lowest BCUT2D eigenvalue weighted by Gasteiger charge is -2.38. The molecular formula is C48H52O10. The first kappa shape index (κ1) is 43.0. The molecule has 0 N–H and O–H groups in total. The zero-order valence-corrected chi connectivity index (χ0v) is 33.9. The van der Waals surface area contributed by atoms with Gasteiger partial charge in [-0.1, -0.05) is 68.8 Å². The molecule has 4 aromatic rings. The second-order valence-corrected chi connectivity index (χ2v) is 14.8. The van der Waals surface area contributed by atoms with E-state index in [1.807, 2.05) is 62.4 Å². The highest BCUT2D eigenvalue weighted by molar-refractivity contribution is 5.87. The fourth-order valence-electron chi connectivity index (χ4n) is 7.05. The molecule has 0 aromatic heterocycles. The van der Waals surface area contributed by atoms with Crippen LogP contribution >= 0.6 is 0 Å². The quantitative estimate of drug-likeness (QED) is 0.0417. The fourth-order valence-corrected chi connectivity index (χ4v) is 7.05. The molecule has 0 unspecified atom stereocenters. The van der Waals surface area contributed by atoms with Crippen LogP contribution in [0.1, 0.15) is 92.2 Å². The Morgan fingerprint density at radius 1 is 0.552 bits per heavy atom. The van der Waals surface area contributed by atoms with Gasteiger partial charge >= 0.3 is 23.9 Å². The minimum absolute atomic E-state index is 0.206. The number of carbonyl (C=O) groups excluding carboxylic acids is 4. The van der Waals surface area contributed by atoms with Crippen LogP contribution in [0, 0.1) is 13.8 Å². The molecule has 5 rings (SSSR count). The average molecular weight is 789 g/mol. The summed E-state index contributed by atoms with van der Waals surface area (Å²) in [7, 11) is 0. The van der Waals surface area contributed by atoms with Crippen molar-refractivity contribution in [1.29, 1.82) is 0 Å². The normalized spacial score (nSPS) is 13.1. The second kappa shape index (κ2) is 20.3. The lowest BCUT2D eigenvalue weighted by molar-refractivity contribution is -0.146. The Labute approximate surface area is 340 Å². The van der Waals surface area contributed by atoms with E-state index in [1.165, 1.54) is 6.42 Å². The van der Waals surface area contributed by atoms with Gasteiger partial charge in [0.25, 0.3) is 0 Å². The highest BCUT2D eigenvalue weighted by Gasteiger charge is 2.35. The van der Waals surface area contributed by atoms with Gasteiger partial charge in [0, 0.05) is 29.4 Å². The van der Waals surface area contributed by atoms with Gasteiger partial charge in [-0.2, -0.15) is 0 Å². The lowest BCUT2D eigenvalue weighted by atomic mass is 9.65. The van der Waals surface area contributed by atoms with Crippen molar-refractivity contribution < 1.29 is 47.6 Å². The number of rotatable bonds is 18. The third-order valence-corrected chi connectivity index (χ3v) is 10.3. The van der Waals surface area contributed by atoms with Gasteiger partial charge in [-0.3, -0.25) is 9.59 Å². The molecule has 58 heavy (non-hydrogen) atoms. The predicted octanol–water partition coefficient (Wildman–Crippen LogP) is 9.54. The van der Waals surface area contributed by atoms with Crippen LogP contribution in [-0.4, -0.2) is 37.5 Å². The van der Waals surface area contributed by atoms with E-state index >= 15 is 0 Å². The molecule has 10 nitrogen and oxygen atoms in total. The Kier molecular flexibility index (Phi) is 15.1. The highest BCUT2D eigenvalue weighted by atomic mass is 16.7. The minimum atomic E-state index is -0.513. The Morgan fingerprint density at radius 3 is 1.29 bits per heavy atom. The summed E-state index contributed by atoms with van der Waals surface area (Å²) in [6.45, 7) is 13.7. The molecule has 0 amide bonds. The zero-order chi connectivity index (χ0) is 41.7. The van der Waals surface area contributed by atoms with Crippen LogP contribution in [-0.2, 0) is 46.9 Å². The van der Waals surface area contributed by atoms with E-state index in [0.717, 1.165) is 59.1 Å². The summed E-state index contributed by atoms with van der Waals surface area (Å²) in [6, 6.07) is 26.7. The molecule has 0 radical (unpaired) electrons. The number of ether oxygens (including phenoxy) is 6.